The first-order valence-electron chi connectivity index (χ1n) is 6.71. The number of rotatable bonds is 5. The number of benzene rings is 2. The van der Waals surface area contributed by atoms with E-state index >= 15 is 0 Å². The van der Waals surface area contributed by atoms with Crippen molar-refractivity contribution in [2.24, 2.45) is 7.05 Å². The van der Waals surface area contributed by atoms with Crippen LogP contribution >= 0.6 is 0 Å². The smallest absolute Gasteiger partial charge is 0.151 e. The van der Waals surface area contributed by atoms with Crippen LogP contribution in [-0.2, 0) is 13.6 Å². The lowest BCUT2D eigenvalue weighted by atomic mass is 10.3. The van der Waals surface area contributed by atoms with Crippen molar-refractivity contribution in [1.29, 1.82) is 0 Å². The van der Waals surface area contributed by atoms with Gasteiger partial charge in [0.1, 0.15) is 12.1 Å². The predicted molar refractivity (Wildman–Crippen MR) is 81.3 cm³/mol. The standard InChI is InChI=1S/C16H16N4O/c1-20-12-18-19-16(20)11-17-14-9-5-6-10-15(14)21-13-7-3-2-4-8-13/h2-10,12,17H,11H2,1H3. The average Bonchev–Trinajstić information content (AvgIpc) is 2.93. The second-order valence-electron chi connectivity index (χ2n) is 4.62. The summed E-state index contributed by atoms with van der Waals surface area (Å²) in [6, 6.07) is 17.6. The van der Waals surface area contributed by atoms with Crippen LogP contribution in [0.15, 0.2) is 60.9 Å². The lowest BCUT2D eigenvalue weighted by Crippen LogP contribution is -2.06. The maximum absolute atomic E-state index is 5.90. The van der Waals surface area contributed by atoms with Gasteiger partial charge in [-0.3, -0.25) is 0 Å². The number of hydrogen-bond donors (Lipinski definition) is 1. The van der Waals surface area contributed by atoms with Crippen LogP contribution in [0, 0.1) is 0 Å². The Bertz CT molecular complexity index is 709. The van der Waals surface area contributed by atoms with E-state index in [1.165, 1.54) is 0 Å². The maximum atomic E-state index is 5.90. The molecule has 0 amide bonds. The van der Waals surface area contributed by atoms with Crippen molar-refractivity contribution in [2.75, 3.05) is 5.32 Å². The Kier molecular flexibility index (Phi) is 3.82. The third-order valence-electron chi connectivity index (χ3n) is 3.10. The van der Waals surface area contributed by atoms with Gasteiger partial charge in [0.15, 0.2) is 11.6 Å². The summed E-state index contributed by atoms with van der Waals surface area (Å²) in [7, 11) is 1.92. The Balaban J connectivity index is 1.75. The molecule has 0 saturated heterocycles. The van der Waals surface area contributed by atoms with Crippen LogP contribution in [0.5, 0.6) is 11.5 Å². The molecule has 21 heavy (non-hydrogen) atoms. The van der Waals surface area contributed by atoms with Crippen molar-refractivity contribution in [3.05, 3.63) is 66.7 Å². The van der Waals surface area contributed by atoms with Crippen LogP contribution in [0.25, 0.3) is 0 Å². The van der Waals surface area contributed by atoms with E-state index in [2.05, 4.69) is 15.5 Å². The largest absolute Gasteiger partial charge is 0.455 e. The molecule has 3 aromatic rings. The van der Waals surface area contributed by atoms with E-state index in [-0.39, 0.29) is 0 Å². The van der Waals surface area contributed by atoms with Crippen LogP contribution in [0.1, 0.15) is 5.82 Å². The van der Waals surface area contributed by atoms with Gasteiger partial charge in [-0.2, -0.15) is 0 Å². The molecule has 1 aromatic heterocycles. The van der Waals surface area contributed by atoms with Crippen LogP contribution in [-0.4, -0.2) is 14.8 Å². The number of aryl methyl sites for hydroxylation is 1. The summed E-state index contributed by atoms with van der Waals surface area (Å²) in [6.45, 7) is 0.589. The normalized spacial score (nSPS) is 10.3. The molecule has 0 radical (unpaired) electrons. The van der Waals surface area contributed by atoms with Crippen molar-refractivity contribution in [1.82, 2.24) is 14.8 Å². The second kappa shape index (κ2) is 6.09. The molecule has 0 fully saturated rings. The molecule has 1 N–H and O–H groups in total. The predicted octanol–water partition coefficient (Wildman–Crippen LogP) is 3.22. The van der Waals surface area contributed by atoms with E-state index in [4.69, 9.17) is 4.74 Å². The molecule has 0 saturated carbocycles. The molecule has 2 aromatic carbocycles. The molecule has 0 bridgehead atoms. The maximum Gasteiger partial charge on any atom is 0.151 e. The molecule has 0 spiro atoms. The molecule has 0 aliphatic heterocycles. The molecule has 0 aliphatic carbocycles. The molecule has 1 heterocycles. The van der Waals surface area contributed by atoms with Crippen LogP contribution in [0.4, 0.5) is 5.69 Å². The van der Waals surface area contributed by atoms with E-state index in [0.29, 0.717) is 6.54 Å². The molecule has 0 atom stereocenters. The molecule has 0 unspecified atom stereocenters. The fourth-order valence-electron chi connectivity index (χ4n) is 1.96. The number of para-hydroxylation sites is 3. The highest BCUT2D eigenvalue weighted by Crippen LogP contribution is 2.29. The fourth-order valence-corrected chi connectivity index (χ4v) is 1.96. The zero-order chi connectivity index (χ0) is 14.5. The summed E-state index contributed by atoms with van der Waals surface area (Å²) >= 11 is 0. The first-order valence-corrected chi connectivity index (χ1v) is 6.71. The summed E-state index contributed by atoms with van der Waals surface area (Å²) < 4.78 is 7.79. The number of hydrogen-bond acceptors (Lipinski definition) is 4. The third kappa shape index (κ3) is 3.20. The summed E-state index contributed by atoms with van der Waals surface area (Å²) in [5.41, 5.74) is 0.921. The van der Waals surface area contributed by atoms with E-state index < -0.39 is 0 Å². The van der Waals surface area contributed by atoms with Gasteiger partial charge in [0, 0.05) is 7.05 Å². The quantitative estimate of drug-likeness (QED) is 0.779. The Morgan fingerprint density at radius 3 is 2.57 bits per heavy atom. The van der Waals surface area contributed by atoms with E-state index in [9.17, 15) is 0 Å². The highest BCUT2D eigenvalue weighted by molar-refractivity contribution is 5.57. The van der Waals surface area contributed by atoms with Gasteiger partial charge in [-0.05, 0) is 24.3 Å². The van der Waals surface area contributed by atoms with Crippen molar-refractivity contribution in [2.45, 2.75) is 6.54 Å². The fraction of sp³-hybridized carbons (Fsp3) is 0.125. The third-order valence-corrected chi connectivity index (χ3v) is 3.10. The Morgan fingerprint density at radius 2 is 1.81 bits per heavy atom. The molecule has 5 heteroatoms. The number of nitrogens with one attached hydrogen (secondary N) is 1. The minimum Gasteiger partial charge on any atom is -0.455 e. The molecule has 0 aliphatic rings. The highest BCUT2D eigenvalue weighted by Gasteiger charge is 2.06. The van der Waals surface area contributed by atoms with E-state index in [1.54, 1.807) is 6.33 Å². The first-order chi connectivity index (χ1) is 10.3. The number of nitrogens with zero attached hydrogens (tertiary/aromatic N) is 3. The van der Waals surface area contributed by atoms with Gasteiger partial charge in [0.2, 0.25) is 0 Å². The average molecular weight is 280 g/mol. The zero-order valence-electron chi connectivity index (χ0n) is 11.7. The van der Waals surface area contributed by atoms with Gasteiger partial charge in [-0.25, -0.2) is 0 Å². The van der Waals surface area contributed by atoms with Gasteiger partial charge in [-0.15, -0.1) is 10.2 Å². The summed E-state index contributed by atoms with van der Waals surface area (Å²) in [5, 5.41) is 11.2. The first kappa shape index (κ1) is 13.2. The summed E-state index contributed by atoms with van der Waals surface area (Å²) in [5.74, 6) is 2.46. The Labute approximate surface area is 123 Å². The molecule has 106 valence electrons. The number of aromatic nitrogens is 3. The Hall–Kier alpha value is -2.82. The minimum atomic E-state index is 0.589. The zero-order valence-corrected chi connectivity index (χ0v) is 11.7. The van der Waals surface area contributed by atoms with Crippen LogP contribution in [0.2, 0.25) is 0 Å². The lowest BCUT2D eigenvalue weighted by Gasteiger charge is -2.12. The number of ether oxygens (including phenoxy) is 1. The number of anilines is 1. The monoisotopic (exact) mass is 280 g/mol. The van der Waals surface area contributed by atoms with Crippen molar-refractivity contribution < 1.29 is 4.74 Å². The van der Waals surface area contributed by atoms with Gasteiger partial charge in [0.25, 0.3) is 0 Å². The van der Waals surface area contributed by atoms with Gasteiger partial charge in [-0.1, -0.05) is 30.3 Å². The summed E-state index contributed by atoms with van der Waals surface area (Å²) in [4.78, 5) is 0. The van der Waals surface area contributed by atoms with Crippen LogP contribution in [0.3, 0.4) is 0 Å². The SMILES string of the molecule is Cn1cnnc1CNc1ccccc1Oc1ccccc1. The van der Waals surface area contributed by atoms with Gasteiger partial charge < -0.3 is 14.6 Å². The molecular formula is C16H16N4O. The second-order valence-corrected chi connectivity index (χ2v) is 4.62. The van der Waals surface area contributed by atoms with E-state index in [0.717, 1.165) is 23.0 Å². The van der Waals surface area contributed by atoms with Gasteiger partial charge >= 0.3 is 0 Å². The molecular weight excluding hydrogens is 264 g/mol. The topological polar surface area (TPSA) is 52.0 Å². The van der Waals surface area contributed by atoms with Crippen LogP contribution < -0.4 is 10.1 Å². The molecule has 3 rings (SSSR count). The van der Waals surface area contributed by atoms with Crippen molar-refractivity contribution in [3.63, 3.8) is 0 Å². The molecule has 5 nitrogen and oxygen atoms in total. The minimum absolute atomic E-state index is 0.589. The lowest BCUT2D eigenvalue weighted by molar-refractivity contribution is 0.484. The van der Waals surface area contributed by atoms with E-state index in [1.807, 2.05) is 66.2 Å². The Morgan fingerprint density at radius 1 is 1.05 bits per heavy atom. The summed E-state index contributed by atoms with van der Waals surface area (Å²) in [6.07, 6.45) is 1.68. The van der Waals surface area contributed by atoms with Crippen molar-refractivity contribution >= 4 is 5.69 Å². The van der Waals surface area contributed by atoms with Crippen molar-refractivity contribution in [3.8, 4) is 11.5 Å². The van der Waals surface area contributed by atoms with Gasteiger partial charge in [0.05, 0.1) is 12.2 Å². The highest BCUT2D eigenvalue weighted by atomic mass is 16.5.